The molecule has 1 aliphatic rings. The van der Waals surface area contributed by atoms with E-state index in [-0.39, 0.29) is 5.75 Å². The van der Waals surface area contributed by atoms with Crippen LogP contribution in [-0.2, 0) is 0 Å². The van der Waals surface area contributed by atoms with Crippen molar-refractivity contribution in [2.75, 3.05) is 18.0 Å². The molecule has 1 fully saturated rings. The number of hydrogen-bond acceptors (Lipinski definition) is 6. The molecule has 7 nitrogen and oxygen atoms in total. The van der Waals surface area contributed by atoms with E-state index < -0.39 is 5.60 Å². The van der Waals surface area contributed by atoms with Gasteiger partial charge in [-0.05, 0) is 44.4 Å². The van der Waals surface area contributed by atoms with Crippen LogP contribution in [0.2, 0.25) is 5.02 Å². The maximum atomic E-state index is 10.2. The Morgan fingerprint density at radius 2 is 1.96 bits per heavy atom. The van der Waals surface area contributed by atoms with Gasteiger partial charge in [0, 0.05) is 18.1 Å². The van der Waals surface area contributed by atoms with Crippen LogP contribution in [0.15, 0.2) is 18.3 Å². The van der Waals surface area contributed by atoms with E-state index >= 15 is 0 Å². The quantitative estimate of drug-likeness (QED) is 0.638. The van der Waals surface area contributed by atoms with Gasteiger partial charge in [0.25, 0.3) is 0 Å². The number of halogens is 1. The number of aromatic amines is 1. The number of aromatic nitrogens is 4. The molecule has 1 aliphatic heterocycles. The topological polar surface area (TPSA) is 98.2 Å². The fourth-order valence-corrected chi connectivity index (χ4v) is 3.57. The number of H-pyrrole nitrogens is 1. The third-order valence-electron chi connectivity index (χ3n) is 4.88. The number of phenolic OH excluding ortho intramolecular Hbond substituents is 1. The fourth-order valence-electron chi connectivity index (χ4n) is 3.31. The summed E-state index contributed by atoms with van der Waals surface area (Å²) in [6.45, 7) is 5.18. The number of phenols is 1. The molecule has 26 heavy (non-hydrogen) atoms. The van der Waals surface area contributed by atoms with Crippen LogP contribution in [0.3, 0.4) is 0 Å². The van der Waals surface area contributed by atoms with Gasteiger partial charge in [-0.15, -0.1) is 0 Å². The number of benzene rings is 1. The van der Waals surface area contributed by atoms with E-state index in [1.165, 1.54) is 6.07 Å². The summed E-state index contributed by atoms with van der Waals surface area (Å²) in [5.41, 5.74) is 1.83. The molecule has 3 heterocycles. The second-order valence-corrected chi connectivity index (χ2v) is 7.52. The molecule has 0 saturated carbocycles. The number of nitrogens with one attached hydrogen (secondary N) is 1. The average Bonchev–Trinajstić information content (AvgIpc) is 2.96. The lowest BCUT2D eigenvalue weighted by Gasteiger charge is -2.36. The van der Waals surface area contributed by atoms with Crippen molar-refractivity contribution in [3.05, 3.63) is 28.9 Å². The summed E-state index contributed by atoms with van der Waals surface area (Å²) in [4.78, 5) is 18.7. The van der Waals surface area contributed by atoms with Crippen LogP contribution in [0.1, 0.15) is 25.3 Å². The molecule has 0 spiro atoms. The van der Waals surface area contributed by atoms with Gasteiger partial charge in [0.15, 0.2) is 11.3 Å². The number of aromatic hydroxyl groups is 1. The van der Waals surface area contributed by atoms with Crippen molar-refractivity contribution in [3.63, 3.8) is 0 Å². The summed E-state index contributed by atoms with van der Waals surface area (Å²) in [6.07, 6.45) is 3.08. The molecule has 0 atom stereocenters. The van der Waals surface area contributed by atoms with Crippen molar-refractivity contribution in [2.24, 2.45) is 0 Å². The Hall–Kier alpha value is -2.38. The van der Waals surface area contributed by atoms with Crippen LogP contribution in [0.4, 0.5) is 5.82 Å². The Balaban J connectivity index is 1.69. The number of piperidine rings is 1. The van der Waals surface area contributed by atoms with Crippen molar-refractivity contribution in [2.45, 2.75) is 32.3 Å². The highest BCUT2D eigenvalue weighted by molar-refractivity contribution is 6.31. The van der Waals surface area contributed by atoms with E-state index in [9.17, 15) is 10.2 Å². The summed E-state index contributed by atoms with van der Waals surface area (Å²) in [7, 11) is 0. The summed E-state index contributed by atoms with van der Waals surface area (Å²) in [5.74, 6) is 1.32. The van der Waals surface area contributed by atoms with Gasteiger partial charge in [-0.1, -0.05) is 11.6 Å². The summed E-state index contributed by atoms with van der Waals surface area (Å²) < 4.78 is 0. The van der Waals surface area contributed by atoms with E-state index in [1.54, 1.807) is 12.3 Å². The van der Waals surface area contributed by atoms with Crippen molar-refractivity contribution in [1.82, 2.24) is 19.9 Å². The largest absolute Gasteiger partial charge is 0.507 e. The molecule has 8 heteroatoms. The molecule has 2 aromatic heterocycles. The number of imidazole rings is 1. The van der Waals surface area contributed by atoms with E-state index in [2.05, 4.69) is 24.8 Å². The molecular weight excluding hydrogens is 354 g/mol. The first-order valence-corrected chi connectivity index (χ1v) is 8.90. The smallest absolute Gasteiger partial charge is 0.197 e. The van der Waals surface area contributed by atoms with Crippen LogP contribution in [0, 0.1) is 6.92 Å². The van der Waals surface area contributed by atoms with Gasteiger partial charge in [0.2, 0.25) is 0 Å². The molecule has 0 aliphatic carbocycles. The fraction of sp³-hybridized carbons (Fsp3) is 0.389. The first-order chi connectivity index (χ1) is 12.3. The summed E-state index contributed by atoms with van der Waals surface area (Å²) in [5, 5.41) is 20.8. The zero-order chi connectivity index (χ0) is 18.5. The number of nitrogens with zero attached hydrogens (tertiary/aromatic N) is 4. The summed E-state index contributed by atoms with van der Waals surface area (Å²) >= 11 is 5.98. The number of rotatable bonds is 2. The Morgan fingerprint density at radius 3 is 2.65 bits per heavy atom. The summed E-state index contributed by atoms with van der Waals surface area (Å²) in [6, 6.07) is 3.26. The third kappa shape index (κ3) is 3.08. The lowest BCUT2D eigenvalue weighted by Crippen LogP contribution is -2.42. The Morgan fingerprint density at radius 1 is 1.23 bits per heavy atom. The second-order valence-electron chi connectivity index (χ2n) is 7.09. The maximum absolute atomic E-state index is 10.2. The van der Waals surface area contributed by atoms with Gasteiger partial charge in [-0.25, -0.2) is 15.0 Å². The molecule has 0 radical (unpaired) electrons. The van der Waals surface area contributed by atoms with Crippen molar-refractivity contribution in [3.8, 4) is 17.1 Å². The van der Waals surface area contributed by atoms with Crippen molar-refractivity contribution < 1.29 is 10.2 Å². The lowest BCUT2D eigenvalue weighted by molar-refractivity contribution is 0.0350. The molecule has 0 amide bonds. The lowest BCUT2D eigenvalue weighted by atomic mass is 9.94. The predicted octanol–water partition coefficient (Wildman–Crippen LogP) is 3.04. The van der Waals surface area contributed by atoms with Crippen LogP contribution in [-0.4, -0.2) is 48.8 Å². The SMILES string of the molecule is Cc1cc(Cl)cc(O)c1-c1nc2ncc(N3CCC(C)(O)CC3)nc2[nH]1. The Kier molecular flexibility index (Phi) is 4.00. The highest BCUT2D eigenvalue weighted by atomic mass is 35.5. The molecule has 1 saturated heterocycles. The van der Waals surface area contributed by atoms with Gasteiger partial charge in [0.05, 0.1) is 17.4 Å². The first-order valence-electron chi connectivity index (χ1n) is 8.52. The molecule has 1 aromatic carbocycles. The molecule has 3 N–H and O–H groups in total. The van der Waals surface area contributed by atoms with Crippen molar-refractivity contribution >= 4 is 28.7 Å². The van der Waals surface area contributed by atoms with Crippen LogP contribution < -0.4 is 4.90 Å². The van der Waals surface area contributed by atoms with Crippen LogP contribution in [0.5, 0.6) is 5.75 Å². The van der Waals surface area contributed by atoms with Gasteiger partial charge in [0.1, 0.15) is 17.4 Å². The predicted molar refractivity (Wildman–Crippen MR) is 101 cm³/mol. The minimum Gasteiger partial charge on any atom is -0.507 e. The van der Waals surface area contributed by atoms with E-state index in [0.29, 0.717) is 40.5 Å². The maximum Gasteiger partial charge on any atom is 0.197 e. The molecule has 0 bridgehead atoms. The average molecular weight is 374 g/mol. The number of anilines is 1. The first kappa shape index (κ1) is 17.1. The number of hydrogen-bond donors (Lipinski definition) is 3. The van der Waals surface area contributed by atoms with Gasteiger partial charge >= 0.3 is 0 Å². The van der Waals surface area contributed by atoms with Crippen molar-refractivity contribution in [1.29, 1.82) is 0 Å². The number of fused-ring (bicyclic) bond motifs is 1. The van der Waals surface area contributed by atoms with E-state index in [0.717, 1.165) is 24.5 Å². The molecule has 136 valence electrons. The molecular formula is C18H20ClN5O2. The molecule has 4 rings (SSSR count). The van der Waals surface area contributed by atoms with Gasteiger partial charge in [-0.3, -0.25) is 0 Å². The Labute approximate surface area is 155 Å². The van der Waals surface area contributed by atoms with Crippen LogP contribution in [0.25, 0.3) is 22.7 Å². The highest BCUT2D eigenvalue weighted by Crippen LogP contribution is 2.34. The monoisotopic (exact) mass is 373 g/mol. The standard InChI is InChI=1S/C18H20ClN5O2/c1-10-7-11(19)8-12(25)14(10)15-22-16-17(23-15)21-13(9-20-16)24-5-3-18(2,26)4-6-24/h7-9,25-26H,3-6H2,1-2H3,(H,20,21,22,23). The number of aryl methyl sites for hydroxylation is 1. The van der Waals surface area contributed by atoms with Crippen LogP contribution >= 0.6 is 11.6 Å². The van der Waals surface area contributed by atoms with Gasteiger partial charge in [-0.2, -0.15) is 0 Å². The zero-order valence-electron chi connectivity index (χ0n) is 14.6. The highest BCUT2D eigenvalue weighted by Gasteiger charge is 2.28. The Bertz CT molecular complexity index is 952. The number of aliphatic hydroxyl groups is 1. The molecule has 3 aromatic rings. The second kappa shape index (κ2) is 6.10. The zero-order valence-corrected chi connectivity index (χ0v) is 15.4. The third-order valence-corrected chi connectivity index (χ3v) is 5.09. The molecule has 0 unspecified atom stereocenters. The minimum absolute atomic E-state index is 0.0625. The minimum atomic E-state index is -0.612. The normalized spacial score (nSPS) is 17.0. The van der Waals surface area contributed by atoms with E-state index in [4.69, 9.17) is 11.6 Å². The van der Waals surface area contributed by atoms with E-state index in [1.807, 2.05) is 13.8 Å². The van der Waals surface area contributed by atoms with Gasteiger partial charge < -0.3 is 20.1 Å².